The summed E-state index contributed by atoms with van der Waals surface area (Å²) in [6.07, 6.45) is 0.148. The summed E-state index contributed by atoms with van der Waals surface area (Å²) >= 11 is 0. The van der Waals surface area contributed by atoms with Crippen LogP contribution in [-0.2, 0) is 18.0 Å². The lowest BCUT2D eigenvalue weighted by molar-refractivity contribution is -0.137. The number of anilines is 1. The molecule has 0 amide bonds. The fourth-order valence-corrected chi connectivity index (χ4v) is 6.11. The highest BCUT2D eigenvalue weighted by molar-refractivity contribution is 5.83. The summed E-state index contributed by atoms with van der Waals surface area (Å²) in [6, 6.07) is 6.39. The monoisotopic (exact) mass is 486 g/mol. The van der Waals surface area contributed by atoms with Gasteiger partial charge in [0.15, 0.2) is 5.82 Å². The van der Waals surface area contributed by atoms with E-state index in [0.717, 1.165) is 69.1 Å². The van der Waals surface area contributed by atoms with Crippen LogP contribution < -0.4 is 5.32 Å². The Morgan fingerprint density at radius 1 is 1.11 bits per heavy atom. The summed E-state index contributed by atoms with van der Waals surface area (Å²) in [5.41, 5.74) is 0.788. The van der Waals surface area contributed by atoms with Crippen LogP contribution in [0.5, 0.6) is 0 Å². The quantitative estimate of drug-likeness (QED) is 0.583. The summed E-state index contributed by atoms with van der Waals surface area (Å²) in [5, 5.41) is 16.4. The molecule has 1 aromatic carbocycles. The van der Waals surface area contributed by atoms with Crippen molar-refractivity contribution >= 4 is 16.7 Å². The number of nitrogens with one attached hydrogen (secondary N) is 1. The van der Waals surface area contributed by atoms with Gasteiger partial charge in [-0.15, -0.1) is 10.2 Å². The van der Waals surface area contributed by atoms with Crippen LogP contribution in [0.3, 0.4) is 0 Å². The number of nitrogens with zero attached hydrogens (tertiary/aromatic N) is 5. The smallest absolute Gasteiger partial charge is 0.381 e. The molecule has 7 nitrogen and oxygen atoms in total. The number of hydrogen-bond donors (Lipinski definition) is 1. The zero-order valence-corrected chi connectivity index (χ0v) is 19.6. The second-order valence-electron chi connectivity index (χ2n) is 10.3. The minimum atomic E-state index is -4.53. The highest BCUT2D eigenvalue weighted by Crippen LogP contribution is 2.42. The standard InChI is InChI=1S/C25H29F3N6O/c1-33-11-19-6-16(2-3-22(19)32-33)23-9-21(25(26,27)28)24(31-30-23)29-20-7-17-12-34(13-18(17)8-20)10-15-4-5-35-14-15/h2-3,6,9,11,15,17-18,20H,4-5,7-8,10,12-14H2,1H3,(H,29,31)/t15-,17-,18+,20?/m1/s1. The first-order valence-corrected chi connectivity index (χ1v) is 12.3. The first kappa shape index (κ1) is 22.7. The predicted molar refractivity (Wildman–Crippen MR) is 126 cm³/mol. The van der Waals surface area contributed by atoms with Gasteiger partial charge in [0.05, 0.1) is 17.8 Å². The number of ether oxygens (including phenoxy) is 1. The second-order valence-corrected chi connectivity index (χ2v) is 10.3. The van der Waals surface area contributed by atoms with E-state index in [1.165, 1.54) is 0 Å². The highest BCUT2D eigenvalue weighted by Gasteiger charge is 2.43. The van der Waals surface area contributed by atoms with E-state index < -0.39 is 11.7 Å². The number of aromatic nitrogens is 4. The molecule has 2 saturated heterocycles. The maximum Gasteiger partial charge on any atom is 0.420 e. The van der Waals surface area contributed by atoms with Gasteiger partial charge in [-0.2, -0.15) is 18.3 Å². The maximum atomic E-state index is 14.0. The highest BCUT2D eigenvalue weighted by atomic mass is 19.4. The second kappa shape index (κ2) is 8.74. The summed E-state index contributed by atoms with van der Waals surface area (Å²) < 4.78 is 49.2. The van der Waals surface area contributed by atoms with Crippen molar-refractivity contribution in [2.24, 2.45) is 24.8 Å². The van der Waals surface area contributed by atoms with Crippen molar-refractivity contribution in [2.45, 2.75) is 31.5 Å². The topological polar surface area (TPSA) is 68.1 Å². The first-order valence-electron chi connectivity index (χ1n) is 12.3. The van der Waals surface area contributed by atoms with Gasteiger partial charge in [-0.1, -0.05) is 6.07 Å². The number of benzene rings is 1. The van der Waals surface area contributed by atoms with E-state index in [0.29, 0.717) is 23.3 Å². The molecule has 1 unspecified atom stereocenters. The Hall–Kier alpha value is -2.72. The van der Waals surface area contributed by atoms with Gasteiger partial charge in [0, 0.05) is 56.5 Å². The molecule has 2 aliphatic heterocycles. The van der Waals surface area contributed by atoms with Crippen LogP contribution in [0.15, 0.2) is 30.5 Å². The number of fused-ring (bicyclic) bond motifs is 2. The zero-order chi connectivity index (χ0) is 24.2. The molecule has 4 heterocycles. The molecular weight excluding hydrogens is 457 g/mol. The van der Waals surface area contributed by atoms with Crippen molar-refractivity contribution in [1.82, 2.24) is 24.9 Å². The molecule has 2 aromatic heterocycles. The van der Waals surface area contributed by atoms with Gasteiger partial charge >= 0.3 is 6.18 Å². The molecule has 4 atom stereocenters. The summed E-state index contributed by atoms with van der Waals surface area (Å²) in [5.74, 6) is 1.48. The van der Waals surface area contributed by atoms with Gasteiger partial charge in [0.1, 0.15) is 5.56 Å². The van der Waals surface area contributed by atoms with Gasteiger partial charge in [-0.25, -0.2) is 0 Å². The van der Waals surface area contributed by atoms with E-state index in [1.54, 1.807) is 29.9 Å². The van der Waals surface area contributed by atoms with Crippen molar-refractivity contribution < 1.29 is 17.9 Å². The normalized spacial score (nSPS) is 27.1. The number of rotatable bonds is 5. The van der Waals surface area contributed by atoms with Crippen LogP contribution in [-0.4, -0.2) is 63.8 Å². The van der Waals surface area contributed by atoms with Crippen molar-refractivity contribution in [3.8, 4) is 11.3 Å². The molecular formula is C25H29F3N6O. The maximum absolute atomic E-state index is 14.0. The fraction of sp³-hybridized carbons (Fsp3) is 0.560. The molecule has 1 N–H and O–H groups in total. The molecule has 186 valence electrons. The van der Waals surface area contributed by atoms with Crippen LogP contribution in [0.1, 0.15) is 24.8 Å². The van der Waals surface area contributed by atoms with E-state index in [2.05, 4.69) is 25.5 Å². The molecule has 1 saturated carbocycles. The van der Waals surface area contributed by atoms with Crippen molar-refractivity contribution in [3.05, 3.63) is 36.0 Å². The summed E-state index contributed by atoms with van der Waals surface area (Å²) in [7, 11) is 1.81. The molecule has 10 heteroatoms. The molecule has 35 heavy (non-hydrogen) atoms. The van der Waals surface area contributed by atoms with Crippen LogP contribution in [0.2, 0.25) is 0 Å². The summed E-state index contributed by atoms with van der Waals surface area (Å²) in [4.78, 5) is 2.51. The Kier molecular flexibility index (Phi) is 5.68. The van der Waals surface area contributed by atoms with Gasteiger partial charge in [-0.3, -0.25) is 4.68 Å². The van der Waals surface area contributed by atoms with Crippen LogP contribution >= 0.6 is 0 Å². The Bertz CT molecular complexity index is 1210. The Labute approximate surface area is 201 Å². The van der Waals surface area contributed by atoms with Gasteiger partial charge in [-0.05, 0) is 55.2 Å². The van der Waals surface area contributed by atoms with E-state index in [-0.39, 0.29) is 17.6 Å². The van der Waals surface area contributed by atoms with Crippen molar-refractivity contribution in [2.75, 3.05) is 38.2 Å². The molecule has 6 rings (SSSR count). The molecule has 1 aliphatic carbocycles. The van der Waals surface area contributed by atoms with E-state index in [4.69, 9.17) is 4.74 Å². The van der Waals surface area contributed by atoms with Gasteiger partial charge in [0.2, 0.25) is 0 Å². The minimum Gasteiger partial charge on any atom is -0.381 e. The molecule has 3 aromatic rings. The number of likely N-dealkylation sites (tertiary alicyclic amines) is 1. The summed E-state index contributed by atoms with van der Waals surface area (Å²) in [6.45, 7) is 4.82. The van der Waals surface area contributed by atoms with Crippen LogP contribution in [0.4, 0.5) is 19.0 Å². The molecule has 3 fully saturated rings. The van der Waals surface area contributed by atoms with Gasteiger partial charge in [0.25, 0.3) is 0 Å². The molecule has 0 radical (unpaired) electrons. The average Bonchev–Trinajstić information content (AvgIpc) is 3.57. The number of hydrogen-bond acceptors (Lipinski definition) is 6. The lowest BCUT2D eigenvalue weighted by Gasteiger charge is -2.23. The molecule has 0 spiro atoms. The average molecular weight is 487 g/mol. The lowest BCUT2D eigenvalue weighted by Crippen LogP contribution is -2.30. The zero-order valence-electron chi connectivity index (χ0n) is 19.6. The predicted octanol–water partition coefficient (Wildman–Crippen LogP) is 4.21. The number of halogens is 3. The third-order valence-electron chi connectivity index (χ3n) is 7.72. The van der Waals surface area contributed by atoms with E-state index in [9.17, 15) is 13.2 Å². The largest absolute Gasteiger partial charge is 0.420 e. The molecule has 3 aliphatic rings. The Balaban J connectivity index is 1.17. The number of aryl methyl sites for hydroxylation is 1. The van der Waals surface area contributed by atoms with Crippen molar-refractivity contribution in [3.63, 3.8) is 0 Å². The van der Waals surface area contributed by atoms with E-state index >= 15 is 0 Å². The minimum absolute atomic E-state index is 0.0186. The third kappa shape index (κ3) is 4.61. The van der Waals surface area contributed by atoms with Crippen molar-refractivity contribution in [1.29, 1.82) is 0 Å². The van der Waals surface area contributed by atoms with Crippen LogP contribution in [0, 0.1) is 17.8 Å². The lowest BCUT2D eigenvalue weighted by atomic mass is 10.0. The van der Waals surface area contributed by atoms with Gasteiger partial charge < -0.3 is 15.0 Å². The van der Waals surface area contributed by atoms with Crippen LogP contribution in [0.25, 0.3) is 22.2 Å². The fourth-order valence-electron chi connectivity index (χ4n) is 6.11. The first-order chi connectivity index (χ1) is 16.8. The SMILES string of the molecule is Cn1cc2cc(-c3cc(C(F)(F)F)c(NC4C[C@@H]5CN(C[C@H]6CCOC6)C[C@@H]5C4)nn3)ccc2n1. The molecule has 0 bridgehead atoms. The van der Waals surface area contributed by atoms with E-state index in [1.807, 2.05) is 6.20 Å². The Morgan fingerprint density at radius 3 is 2.63 bits per heavy atom. The third-order valence-corrected chi connectivity index (χ3v) is 7.72. The Morgan fingerprint density at radius 2 is 1.91 bits per heavy atom. The number of alkyl halides is 3.